The van der Waals surface area contributed by atoms with Gasteiger partial charge < -0.3 is 37.0 Å². The van der Waals surface area contributed by atoms with Gasteiger partial charge in [-0.2, -0.15) is 11.8 Å². The molecule has 1 rings (SSSR count). The maximum Gasteiger partial charge on any atom is 0.326 e. The van der Waals surface area contributed by atoms with Gasteiger partial charge >= 0.3 is 17.9 Å². The lowest BCUT2D eigenvalue weighted by Gasteiger charge is -2.24. The number of carbonyl (C=O) groups is 6. The third kappa shape index (κ3) is 12.2. The van der Waals surface area contributed by atoms with Gasteiger partial charge in [0.25, 0.3) is 0 Å². The van der Waals surface area contributed by atoms with Gasteiger partial charge in [0, 0.05) is 12.8 Å². The van der Waals surface area contributed by atoms with Crippen molar-refractivity contribution in [3.8, 4) is 0 Å². The molecule has 0 heterocycles. The summed E-state index contributed by atoms with van der Waals surface area (Å²) in [5.74, 6) is -6.17. The molecule has 37 heavy (non-hydrogen) atoms. The second-order valence-electron chi connectivity index (χ2n) is 8.13. The number of carboxylic acids is 3. The number of hydrogen-bond donors (Lipinski definition) is 7. The number of carbonyl (C=O) groups excluding carboxylic acids is 3. The fourth-order valence-corrected chi connectivity index (χ4v) is 3.64. The highest BCUT2D eigenvalue weighted by Crippen LogP contribution is 2.07. The molecule has 13 nitrogen and oxygen atoms in total. The predicted molar refractivity (Wildman–Crippen MR) is 134 cm³/mol. The molecule has 1 aromatic carbocycles. The number of thioether (sulfide) groups is 1. The van der Waals surface area contributed by atoms with Crippen LogP contribution in [0, 0.1) is 0 Å². The van der Waals surface area contributed by atoms with Crippen molar-refractivity contribution in [3.05, 3.63) is 35.9 Å². The van der Waals surface area contributed by atoms with E-state index in [4.69, 9.17) is 10.8 Å². The zero-order chi connectivity index (χ0) is 28.0. The van der Waals surface area contributed by atoms with Crippen molar-refractivity contribution in [2.24, 2.45) is 5.73 Å². The summed E-state index contributed by atoms with van der Waals surface area (Å²) in [6.45, 7) is 0. The smallest absolute Gasteiger partial charge is 0.326 e. The van der Waals surface area contributed by atoms with Crippen LogP contribution in [0.25, 0.3) is 0 Å². The van der Waals surface area contributed by atoms with E-state index in [1.165, 1.54) is 11.8 Å². The minimum Gasteiger partial charge on any atom is -0.481 e. The van der Waals surface area contributed by atoms with Crippen LogP contribution in [0.15, 0.2) is 30.3 Å². The van der Waals surface area contributed by atoms with Crippen LogP contribution < -0.4 is 21.7 Å². The van der Waals surface area contributed by atoms with Crippen LogP contribution in [0.3, 0.4) is 0 Å². The molecule has 0 aliphatic rings. The van der Waals surface area contributed by atoms with Gasteiger partial charge in [0.1, 0.15) is 18.1 Å². The number of aliphatic carboxylic acids is 3. The van der Waals surface area contributed by atoms with Crippen molar-refractivity contribution in [2.75, 3.05) is 12.0 Å². The lowest BCUT2D eigenvalue weighted by Crippen LogP contribution is -2.57. The van der Waals surface area contributed by atoms with Crippen LogP contribution >= 0.6 is 11.8 Å². The summed E-state index contributed by atoms with van der Waals surface area (Å²) in [5, 5.41) is 34.5. The molecule has 14 heteroatoms. The average Bonchev–Trinajstić information content (AvgIpc) is 2.84. The van der Waals surface area contributed by atoms with E-state index in [0.29, 0.717) is 11.3 Å². The first-order valence-electron chi connectivity index (χ1n) is 11.3. The summed E-state index contributed by atoms with van der Waals surface area (Å²) in [6, 6.07) is 3.05. The summed E-state index contributed by atoms with van der Waals surface area (Å²) in [4.78, 5) is 71.9. The summed E-state index contributed by atoms with van der Waals surface area (Å²) >= 11 is 1.37. The van der Waals surface area contributed by atoms with Gasteiger partial charge in [-0.1, -0.05) is 30.3 Å². The minimum atomic E-state index is -1.63. The fraction of sp³-hybridized carbons (Fsp3) is 0.478. The highest BCUT2D eigenvalue weighted by molar-refractivity contribution is 7.98. The van der Waals surface area contributed by atoms with Crippen LogP contribution in [-0.4, -0.2) is 87.1 Å². The molecule has 4 atom stereocenters. The fourth-order valence-electron chi connectivity index (χ4n) is 3.17. The van der Waals surface area contributed by atoms with Crippen LogP contribution in [0.5, 0.6) is 0 Å². The van der Waals surface area contributed by atoms with Crippen molar-refractivity contribution >= 4 is 47.4 Å². The van der Waals surface area contributed by atoms with Crippen molar-refractivity contribution in [1.29, 1.82) is 0 Å². The first-order chi connectivity index (χ1) is 17.4. The molecule has 0 fully saturated rings. The quantitative estimate of drug-likeness (QED) is 0.129. The number of carboxylic acid groups (broad SMARTS) is 3. The van der Waals surface area contributed by atoms with E-state index < -0.39 is 66.2 Å². The van der Waals surface area contributed by atoms with Crippen LogP contribution in [0.4, 0.5) is 0 Å². The van der Waals surface area contributed by atoms with E-state index in [0.717, 1.165) is 0 Å². The first kappa shape index (κ1) is 31.4. The Morgan fingerprint density at radius 2 is 1.38 bits per heavy atom. The van der Waals surface area contributed by atoms with Crippen molar-refractivity contribution < 1.29 is 44.1 Å². The maximum atomic E-state index is 12.9. The molecule has 0 saturated carbocycles. The Morgan fingerprint density at radius 3 is 1.92 bits per heavy atom. The van der Waals surface area contributed by atoms with Crippen molar-refractivity contribution in [2.45, 2.75) is 56.3 Å². The summed E-state index contributed by atoms with van der Waals surface area (Å²) in [5.41, 5.74) is 6.31. The van der Waals surface area contributed by atoms with Gasteiger partial charge in [-0.05, 0) is 30.4 Å². The van der Waals surface area contributed by atoms with Crippen LogP contribution in [0.1, 0.15) is 31.2 Å². The standard InChI is InChI=1S/C23H32N4O9S/c1-37-10-9-15(25-20(32)14(24)7-8-18(28)29)21(33)26-16(12-19(30)31)22(34)27-17(23(35)36)11-13-5-3-2-4-6-13/h2-6,14-17H,7-12,24H2,1H3,(H,25,32)(H,26,33)(H,27,34)(H,28,29)(H,30,31)(H,35,36). The Balaban J connectivity index is 2.97. The molecule has 3 amide bonds. The number of benzene rings is 1. The Morgan fingerprint density at radius 1 is 0.811 bits per heavy atom. The maximum absolute atomic E-state index is 12.9. The molecule has 0 bridgehead atoms. The molecule has 0 saturated heterocycles. The lowest BCUT2D eigenvalue weighted by molar-refractivity contribution is -0.143. The van der Waals surface area contributed by atoms with Crippen LogP contribution in [-0.2, 0) is 35.2 Å². The number of nitrogens with two attached hydrogens (primary N) is 1. The zero-order valence-electron chi connectivity index (χ0n) is 20.2. The average molecular weight is 541 g/mol. The number of nitrogens with one attached hydrogen (secondary N) is 3. The largest absolute Gasteiger partial charge is 0.481 e. The molecule has 0 spiro atoms. The summed E-state index contributed by atoms with van der Waals surface area (Å²) in [7, 11) is 0. The van der Waals surface area contributed by atoms with E-state index in [2.05, 4.69) is 16.0 Å². The Hall–Kier alpha value is -3.65. The normalized spacial score (nSPS) is 13.9. The first-order valence-corrected chi connectivity index (χ1v) is 12.7. The molecule has 1 aromatic rings. The molecular weight excluding hydrogens is 508 g/mol. The third-order valence-corrected chi connectivity index (χ3v) is 5.80. The zero-order valence-corrected chi connectivity index (χ0v) is 21.0. The summed E-state index contributed by atoms with van der Waals surface area (Å²) < 4.78 is 0. The number of rotatable bonds is 17. The van der Waals surface area contributed by atoms with Gasteiger partial charge in [0.05, 0.1) is 12.5 Å². The monoisotopic (exact) mass is 540 g/mol. The SMILES string of the molecule is CSCCC(NC(=O)C(N)CCC(=O)O)C(=O)NC(CC(=O)O)C(=O)NC(Cc1ccccc1)C(=O)O. The Labute approximate surface area is 217 Å². The van der Waals surface area contributed by atoms with Gasteiger partial charge in [-0.3, -0.25) is 24.0 Å². The Bertz CT molecular complexity index is 961. The lowest BCUT2D eigenvalue weighted by atomic mass is 10.0. The van der Waals surface area contributed by atoms with Gasteiger partial charge in [0.15, 0.2) is 0 Å². The molecule has 0 aliphatic carbocycles. The van der Waals surface area contributed by atoms with Crippen LogP contribution in [0.2, 0.25) is 0 Å². The molecule has 0 radical (unpaired) electrons. The van der Waals surface area contributed by atoms with Crippen molar-refractivity contribution in [3.63, 3.8) is 0 Å². The second kappa shape index (κ2) is 16.2. The number of amides is 3. The van der Waals surface area contributed by atoms with Gasteiger partial charge in [0.2, 0.25) is 17.7 Å². The minimum absolute atomic E-state index is 0.0731. The molecular formula is C23H32N4O9S. The predicted octanol–water partition coefficient (Wildman–Crippen LogP) is -0.812. The van der Waals surface area contributed by atoms with E-state index >= 15 is 0 Å². The number of hydrogen-bond acceptors (Lipinski definition) is 8. The molecule has 0 aliphatic heterocycles. The summed E-state index contributed by atoms with van der Waals surface area (Å²) in [6.07, 6.45) is 0.435. The topological polar surface area (TPSA) is 225 Å². The molecule has 204 valence electrons. The molecule has 4 unspecified atom stereocenters. The van der Waals surface area contributed by atoms with Gasteiger partial charge in [-0.25, -0.2) is 4.79 Å². The Kier molecular flexibility index (Phi) is 13.7. The molecule has 8 N–H and O–H groups in total. The van der Waals surface area contributed by atoms with Gasteiger partial charge in [-0.15, -0.1) is 0 Å². The van der Waals surface area contributed by atoms with E-state index in [9.17, 15) is 39.0 Å². The highest BCUT2D eigenvalue weighted by Gasteiger charge is 2.31. The van der Waals surface area contributed by atoms with Crippen molar-refractivity contribution in [1.82, 2.24) is 16.0 Å². The van der Waals surface area contributed by atoms with E-state index in [1.807, 2.05) is 0 Å². The highest BCUT2D eigenvalue weighted by atomic mass is 32.2. The van der Waals surface area contributed by atoms with E-state index in [-0.39, 0.29) is 25.7 Å². The second-order valence-corrected chi connectivity index (χ2v) is 9.12. The van der Waals surface area contributed by atoms with E-state index in [1.54, 1.807) is 36.6 Å². The molecule has 0 aromatic heterocycles. The third-order valence-electron chi connectivity index (χ3n) is 5.16.